The van der Waals surface area contributed by atoms with Gasteiger partial charge in [-0.1, -0.05) is 129 Å². The van der Waals surface area contributed by atoms with Crippen LogP contribution in [0.2, 0.25) is 0 Å². The van der Waals surface area contributed by atoms with Crippen LogP contribution in [0.25, 0.3) is 54.6 Å². The first kappa shape index (κ1) is 28.6. The number of anilines is 3. The third kappa shape index (κ3) is 4.31. The molecule has 0 N–H and O–H groups in total. The van der Waals surface area contributed by atoms with E-state index in [0.29, 0.717) is 0 Å². The van der Waals surface area contributed by atoms with Gasteiger partial charge in [-0.25, -0.2) is 0 Å². The van der Waals surface area contributed by atoms with Gasteiger partial charge in [0.25, 0.3) is 0 Å². The van der Waals surface area contributed by atoms with Crippen LogP contribution in [0.15, 0.2) is 164 Å². The maximum absolute atomic E-state index is 2.43. The van der Waals surface area contributed by atoms with Gasteiger partial charge in [0.05, 0.1) is 0 Å². The fourth-order valence-electron chi connectivity index (χ4n) is 8.45. The number of benzene rings is 8. The maximum Gasteiger partial charge on any atom is 0.0468 e. The predicted octanol–water partition coefficient (Wildman–Crippen LogP) is 13.4. The molecule has 8 aromatic carbocycles. The zero-order chi connectivity index (χ0) is 32.2. The molecule has 8 aromatic rings. The number of hydrogen-bond acceptors (Lipinski definition) is 1. The number of rotatable bonds is 6. The van der Waals surface area contributed by atoms with Crippen molar-refractivity contribution in [1.29, 1.82) is 0 Å². The highest BCUT2D eigenvalue weighted by Gasteiger charge is 2.40. The lowest BCUT2D eigenvalue weighted by Crippen LogP contribution is -2.23. The summed E-state index contributed by atoms with van der Waals surface area (Å²) in [6.45, 7) is 4.68. The van der Waals surface area contributed by atoms with Crippen molar-refractivity contribution in [3.63, 3.8) is 0 Å². The van der Waals surface area contributed by atoms with Crippen LogP contribution in [0.5, 0.6) is 0 Å². The molecule has 1 aliphatic rings. The summed E-state index contributed by atoms with van der Waals surface area (Å²) >= 11 is 0. The lowest BCUT2D eigenvalue weighted by atomic mass is 9.74. The summed E-state index contributed by atoms with van der Waals surface area (Å²) in [5.74, 6) is 0. The van der Waals surface area contributed by atoms with Crippen LogP contribution < -0.4 is 4.90 Å². The smallest absolute Gasteiger partial charge is 0.0468 e. The Bertz CT molecular complexity index is 2490. The molecule has 0 atom stereocenters. The molecule has 0 bridgehead atoms. The minimum atomic E-state index is 0.0563. The minimum Gasteiger partial charge on any atom is -0.310 e. The highest BCUT2D eigenvalue weighted by Crippen LogP contribution is 2.54. The fourth-order valence-corrected chi connectivity index (χ4v) is 8.45. The molecule has 0 fully saturated rings. The van der Waals surface area contributed by atoms with Gasteiger partial charge in [0.15, 0.2) is 0 Å². The van der Waals surface area contributed by atoms with E-state index in [1.54, 1.807) is 0 Å². The second-order valence-corrected chi connectivity index (χ2v) is 13.2. The molecule has 1 aliphatic carbocycles. The molecule has 0 unspecified atom stereocenters. The van der Waals surface area contributed by atoms with Crippen molar-refractivity contribution in [3.8, 4) is 22.3 Å². The Morgan fingerprint density at radius 3 is 1.90 bits per heavy atom. The molecule has 0 spiro atoms. The molecule has 0 aromatic heterocycles. The van der Waals surface area contributed by atoms with E-state index >= 15 is 0 Å². The second kappa shape index (κ2) is 11.2. The normalized spacial score (nSPS) is 13.1. The fraction of sp³-hybridized carbons (Fsp3) is 0.106. The van der Waals surface area contributed by atoms with Crippen LogP contribution in [0, 0.1) is 0 Å². The van der Waals surface area contributed by atoms with Gasteiger partial charge >= 0.3 is 0 Å². The first-order valence-corrected chi connectivity index (χ1v) is 17.2. The van der Waals surface area contributed by atoms with Crippen LogP contribution >= 0.6 is 0 Å². The predicted molar refractivity (Wildman–Crippen MR) is 206 cm³/mol. The number of fused-ring (bicyclic) bond motifs is 7. The summed E-state index contributed by atoms with van der Waals surface area (Å²) in [6.07, 6.45) is 2.18. The molecule has 0 saturated carbocycles. The lowest BCUT2D eigenvalue weighted by molar-refractivity contribution is 0.490. The van der Waals surface area contributed by atoms with Crippen molar-refractivity contribution >= 4 is 49.4 Å². The third-order valence-corrected chi connectivity index (χ3v) is 10.9. The number of para-hydroxylation sites is 1. The average Bonchev–Trinajstić information content (AvgIpc) is 3.44. The van der Waals surface area contributed by atoms with Crippen LogP contribution in [0.4, 0.5) is 17.1 Å². The zero-order valence-electron chi connectivity index (χ0n) is 27.4. The topological polar surface area (TPSA) is 3.24 Å². The quantitative estimate of drug-likeness (QED) is 0.168. The summed E-state index contributed by atoms with van der Waals surface area (Å²) < 4.78 is 0. The van der Waals surface area contributed by atoms with Crippen LogP contribution in [-0.2, 0) is 5.41 Å². The Morgan fingerprint density at radius 2 is 1.06 bits per heavy atom. The molecule has 48 heavy (non-hydrogen) atoms. The first-order valence-electron chi connectivity index (χ1n) is 17.2. The van der Waals surface area contributed by atoms with E-state index in [2.05, 4.69) is 183 Å². The summed E-state index contributed by atoms with van der Waals surface area (Å²) in [7, 11) is 0. The van der Waals surface area contributed by atoms with Gasteiger partial charge in [0.1, 0.15) is 0 Å². The molecular formula is C47H37N. The molecular weight excluding hydrogens is 579 g/mol. The number of hydrogen-bond donors (Lipinski definition) is 0. The Hall–Kier alpha value is -5.66. The maximum atomic E-state index is 2.43. The molecule has 0 saturated heterocycles. The van der Waals surface area contributed by atoms with Gasteiger partial charge < -0.3 is 4.90 Å². The Kier molecular flexibility index (Phi) is 6.69. The largest absolute Gasteiger partial charge is 0.310 e. The van der Waals surface area contributed by atoms with Gasteiger partial charge in [-0.15, -0.1) is 0 Å². The molecule has 0 amide bonds. The monoisotopic (exact) mass is 615 g/mol. The van der Waals surface area contributed by atoms with Gasteiger partial charge in [-0.3, -0.25) is 0 Å². The van der Waals surface area contributed by atoms with Crippen molar-refractivity contribution in [2.45, 2.75) is 32.1 Å². The Morgan fingerprint density at radius 1 is 0.396 bits per heavy atom. The lowest BCUT2D eigenvalue weighted by Gasteiger charge is -2.30. The summed E-state index contributed by atoms with van der Waals surface area (Å²) in [5, 5.41) is 7.58. The van der Waals surface area contributed by atoms with E-state index in [9.17, 15) is 0 Å². The van der Waals surface area contributed by atoms with Crippen molar-refractivity contribution in [2.24, 2.45) is 0 Å². The van der Waals surface area contributed by atoms with Crippen LogP contribution in [0.3, 0.4) is 0 Å². The third-order valence-electron chi connectivity index (χ3n) is 10.9. The van der Waals surface area contributed by atoms with Gasteiger partial charge in [-0.2, -0.15) is 0 Å². The van der Waals surface area contributed by atoms with Gasteiger partial charge in [-0.05, 0) is 127 Å². The molecule has 1 heteroatoms. The number of nitrogens with zero attached hydrogens (tertiary/aromatic N) is 1. The summed E-state index contributed by atoms with van der Waals surface area (Å²) in [4.78, 5) is 2.43. The van der Waals surface area contributed by atoms with Gasteiger partial charge in [0.2, 0.25) is 0 Å². The van der Waals surface area contributed by atoms with Crippen LogP contribution in [-0.4, -0.2) is 0 Å². The van der Waals surface area contributed by atoms with E-state index in [1.165, 1.54) is 71.4 Å². The minimum absolute atomic E-state index is 0.0563. The summed E-state index contributed by atoms with van der Waals surface area (Å²) in [5.41, 5.74) is 11.7. The van der Waals surface area contributed by atoms with Crippen molar-refractivity contribution in [2.75, 3.05) is 4.90 Å². The molecule has 230 valence electrons. The molecule has 0 aliphatic heterocycles. The van der Waals surface area contributed by atoms with E-state index < -0.39 is 0 Å². The van der Waals surface area contributed by atoms with Crippen molar-refractivity contribution < 1.29 is 0 Å². The molecule has 1 nitrogen and oxygen atoms in total. The van der Waals surface area contributed by atoms with Crippen LogP contribution in [0.1, 0.15) is 37.8 Å². The van der Waals surface area contributed by atoms with Crippen molar-refractivity contribution in [1.82, 2.24) is 0 Å². The molecule has 0 heterocycles. The molecule has 9 rings (SSSR count). The SMILES string of the molecule is CCC1(CC)c2ccccc2-c2cc(N(c3ccccc3)c3ccc4c(c3)c(-c3ccc5ccccc5c3)cc3ccccc34)ccc21. The highest BCUT2D eigenvalue weighted by atomic mass is 15.1. The summed E-state index contributed by atoms with van der Waals surface area (Å²) in [6, 6.07) is 60.7. The standard InChI is InChI=1S/C47H37N/c1-3-47(4-2)45-21-13-12-20-41(45)44-31-38(25-27-46(44)47)48(36-17-6-5-7-18-36)37-24-26-40-39-19-11-10-16-34(39)29-42(43(40)30-37)35-23-22-32-14-8-9-15-33(32)28-35/h5-31H,3-4H2,1-2H3. The molecule has 0 radical (unpaired) electrons. The average molecular weight is 616 g/mol. The Labute approximate surface area is 282 Å². The van der Waals surface area contributed by atoms with E-state index in [1.807, 2.05) is 0 Å². The van der Waals surface area contributed by atoms with Crippen molar-refractivity contribution in [3.05, 3.63) is 175 Å². The zero-order valence-corrected chi connectivity index (χ0v) is 27.4. The Balaban J connectivity index is 1.28. The van der Waals surface area contributed by atoms with E-state index in [0.717, 1.165) is 24.2 Å². The second-order valence-electron chi connectivity index (χ2n) is 13.2. The van der Waals surface area contributed by atoms with E-state index in [-0.39, 0.29) is 5.41 Å². The highest BCUT2D eigenvalue weighted by molar-refractivity contribution is 6.15. The first-order chi connectivity index (χ1) is 23.7. The van der Waals surface area contributed by atoms with Gasteiger partial charge in [0, 0.05) is 22.5 Å². The van der Waals surface area contributed by atoms with E-state index in [4.69, 9.17) is 0 Å².